The van der Waals surface area contributed by atoms with Crippen molar-refractivity contribution in [3.8, 4) is 0 Å². The zero-order valence-corrected chi connectivity index (χ0v) is 11.3. The average molecular weight is 277 g/mol. The van der Waals surface area contributed by atoms with Crippen molar-refractivity contribution in [2.24, 2.45) is 0 Å². The molecule has 0 unspecified atom stereocenters. The van der Waals surface area contributed by atoms with Crippen molar-refractivity contribution in [1.82, 2.24) is 9.97 Å². The van der Waals surface area contributed by atoms with Crippen molar-refractivity contribution in [3.63, 3.8) is 0 Å². The maximum atomic E-state index is 12.4. The largest absolute Gasteiger partial charge is 0.346 e. The van der Waals surface area contributed by atoms with E-state index in [1.54, 1.807) is 30.5 Å². The van der Waals surface area contributed by atoms with Crippen molar-refractivity contribution in [2.45, 2.75) is 6.92 Å². The topological polar surface area (TPSA) is 66.1 Å². The average Bonchev–Trinajstić information content (AvgIpc) is 2.99. The molecule has 0 atom stereocenters. The van der Waals surface area contributed by atoms with E-state index in [-0.39, 0.29) is 11.8 Å². The number of hydrogen-bond donors (Lipinski definition) is 1. The highest BCUT2D eigenvalue weighted by atomic mass is 16.2. The van der Waals surface area contributed by atoms with Gasteiger partial charge in [-0.2, -0.15) is 0 Å². The molecule has 2 amide bonds. The zero-order chi connectivity index (χ0) is 14.6. The van der Waals surface area contributed by atoms with E-state index >= 15 is 0 Å². The fraction of sp³-hybridized carbons (Fsp3) is 0.0625. The Morgan fingerprint density at radius 1 is 1.10 bits per heavy atom. The lowest BCUT2D eigenvalue weighted by atomic mass is 10.1. The van der Waals surface area contributed by atoms with Crippen LogP contribution in [0.4, 0.5) is 5.69 Å². The number of fused-ring (bicyclic) bond motifs is 2. The van der Waals surface area contributed by atoms with Gasteiger partial charge >= 0.3 is 0 Å². The van der Waals surface area contributed by atoms with Crippen LogP contribution in [0.1, 0.15) is 26.3 Å². The summed E-state index contributed by atoms with van der Waals surface area (Å²) in [5, 5.41) is 0.907. The first-order valence-electron chi connectivity index (χ1n) is 6.58. The third-order valence-corrected chi connectivity index (χ3v) is 3.78. The lowest BCUT2D eigenvalue weighted by Gasteiger charge is -2.13. The fourth-order valence-electron chi connectivity index (χ4n) is 2.67. The van der Waals surface area contributed by atoms with Crippen LogP contribution >= 0.6 is 0 Å². The van der Waals surface area contributed by atoms with Crippen molar-refractivity contribution in [1.29, 1.82) is 0 Å². The molecule has 0 radical (unpaired) electrons. The second kappa shape index (κ2) is 4.02. The number of imide groups is 1. The van der Waals surface area contributed by atoms with Gasteiger partial charge in [0.15, 0.2) is 0 Å². The second-order valence-corrected chi connectivity index (χ2v) is 5.05. The first kappa shape index (κ1) is 11.8. The predicted octanol–water partition coefficient (Wildman–Crippen LogP) is 2.67. The number of amides is 2. The Balaban J connectivity index is 1.88. The molecule has 1 aliphatic rings. The summed E-state index contributed by atoms with van der Waals surface area (Å²) in [6, 6.07) is 8.67. The molecular formula is C16H11N3O2. The van der Waals surface area contributed by atoms with Crippen LogP contribution in [0.5, 0.6) is 0 Å². The molecule has 1 aromatic carbocycles. The number of aromatic amines is 1. The van der Waals surface area contributed by atoms with Gasteiger partial charge in [-0.05, 0) is 30.7 Å². The van der Waals surface area contributed by atoms with Gasteiger partial charge in [0.1, 0.15) is 5.65 Å². The predicted molar refractivity (Wildman–Crippen MR) is 78.4 cm³/mol. The van der Waals surface area contributed by atoms with Gasteiger partial charge in [-0.3, -0.25) is 9.59 Å². The van der Waals surface area contributed by atoms with Crippen LogP contribution in [0, 0.1) is 6.92 Å². The van der Waals surface area contributed by atoms with E-state index in [1.165, 1.54) is 4.90 Å². The summed E-state index contributed by atoms with van der Waals surface area (Å²) in [7, 11) is 0. The number of pyridine rings is 1. The molecule has 0 aliphatic carbocycles. The van der Waals surface area contributed by atoms with Crippen molar-refractivity contribution in [2.75, 3.05) is 4.90 Å². The Morgan fingerprint density at radius 3 is 2.43 bits per heavy atom. The molecule has 0 bridgehead atoms. The maximum Gasteiger partial charge on any atom is 0.266 e. The number of H-pyrrole nitrogens is 1. The molecule has 2 aromatic heterocycles. The lowest BCUT2D eigenvalue weighted by molar-refractivity contribution is 0.0926. The number of nitrogens with one attached hydrogen (secondary N) is 1. The van der Waals surface area contributed by atoms with Gasteiger partial charge in [0.2, 0.25) is 0 Å². The van der Waals surface area contributed by atoms with Crippen molar-refractivity contribution < 1.29 is 9.59 Å². The minimum Gasteiger partial charge on any atom is -0.346 e. The Labute approximate surface area is 120 Å². The number of hydrogen-bond acceptors (Lipinski definition) is 3. The van der Waals surface area contributed by atoms with Crippen LogP contribution in [0.3, 0.4) is 0 Å². The maximum absolute atomic E-state index is 12.4. The summed E-state index contributed by atoms with van der Waals surface area (Å²) < 4.78 is 0. The second-order valence-electron chi connectivity index (χ2n) is 5.05. The minimum atomic E-state index is -0.301. The van der Waals surface area contributed by atoms with Gasteiger partial charge in [-0.15, -0.1) is 0 Å². The zero-order valence-electron chi connectivity index (χ0n) is 11.3. The molecule has 5 nitrogen and oxygen atoms in total. The van der Waals surface area contributed by atoms with Gasteiger partial charge in [0, 0.05) is 11.6 Å². The monoisotopic (exact) mass is 277 g/mol. The molecule has 0 fully saturated rings. The summed E-state index contributed by atoms with van der Waals surface area (Å²) in [6.45, 7) is 1.95. The number of aromatic nitrogens is 2. The molecule has 0 spiro atoms. The van der Waals surface area contributed by atoms with E-state index in [0.717, 1.165) is 16.6 Å². The number of anilines is 1. The molecule has 5 heteroatoms. The molecular weight excluding hydrogens is 266 g/mol. The van der Waals surface area contributed by atoms with E-state index in [2.05, 4.69) is 9.97 Å². The van der Waals surface area contributed by atoms with Crippen molar-refractivity contribution in [3.05, 3.63) is 59.4 Å². The third kappa shape index (κ3) is 1.54. The number of carbonyl (C=O) groups excluding carboxylic acids is 2. The number of aryl methyl sites for hydroxylation is 1. The molecule has 3 heterocycles. The fourth-order valence-corrected chi connectivity index (χ4v) is 2.67. The molecule has 0 saturated heterocycles. The molecule has 21 heavy (non-hydrogen) atoms. The molecule has 1 N–H and O–H groups in total. The normalized spacial score (nSPS) is 14.0. The summed E-state index contributed by atoms with van der Waals surface area (Å²) >= 11 is 0. The smallest absolute Gasteiger partial charge is 0.266 e. The minimum absolute atomic E-state index is 0.301. The Kier molecular flexibility index (Phi) is 2.27. The summed E-state index contributed by atoms with van der Waals surface area (Å²) in [6.07, 6.45) is 3.39. The highest BCUT2D eigenvalue weighted by Gasteiger charge is 2.36. The number of nitrogens with zero attached hydrogens (tertiary/aromatic N) is 2. The van der Waals surface area contributed by atoms with Gasteiger partial charge in [-0.25, -0.2) is 9.88 Å². The van der Waals surface area contributed by atoms with E-state index in [4.69, 9.17) is 0 Å². The summed E-state index contributed by atoms with van der Waals surface area (Å²) in [4.78, 5) is 33.4. The van der Waals surface area contributed by atoms with E-state index in [1.807, 2.05) is 19.2 Å². The SMILES string of the molecule is Cc1c[nH]c2ncc(N3C(=O)c4ccccc4C3=O)cc12. The van der Waals surface area contributed by atoms with Crippen LogP contribution in [0.2, 0.25) is 0 Å². The Bertz CT molecular complexity index is 876. The van der Waals surface area contributed by atoms with Gasteiger partial charge in [-0.1, -0.05) is 12.1 Å². The number of rotatable bonds is 1. The molecule has 3 aromatic rings. The van der Waals surface area contributed by atoms with Crippen molar-refractivity contribution >= 4 is 28.5 Å². The standard InChI is InChI=1S/C16H11N3O2/c1-9-7-17-14-13(9)6-10(8-18-14)19-15(20)11-4-2-3-5-12(11)16(19)21/h2-8H,1H3,(H,17,18). The Morgan fingerprint density at radius 2 is 1.76 bits per heavy atom. The first-order valence-corrected chi connectivity index (χ1v) is 6.58. The van der Waals surface area contributed by atoms with Gasteiger partial charge in [0.05, 0.1) is 23.0 Å². The highest BCUT2D eigenvalue weighted by Crippen LogP contribution is 2.30. The van der Waals surface area contributed by atoms with E-state index in [9.17, 15) is 9.59 Å². The first-order chi connectivity index (χ1) is 10.2. The number of benzene rings is 1. The van der Waals surface area contributed by atoms with Crippen LogP contribution in [-0.4, -0.2) is 21.8 Å². The summed E-state index contributed by atoms with van der Waals surface area (Å²) in [5.41, 5.74) is 3.14. The van der Waals surface area contributed by atoms with Gasteiger partial charge in [0.25, 0.3) is 11.8 Å². The molecule has 0 saturated carbocycles. The Hall–Kier alpha value is -2.95. The molecule has 1 aliphatic heterocycles. The molecule has 102 valence electrons. The summed E-state index contributed by atoms with van der Waals surface area (Å²) in [5.74, 6) is -0.602. The molecule has 4 rings (SSSR count). The van der Waals surface area contributed by atoms with Crippen LogP contribution in [-0.2, 0) is 0 Å². The number of carbonyl (C=O) groups is 2. The lowest BCUT2D eigenvalue weighted by Crippen LogP contribution is -2.29. The van der Waals surface area contributed by atoms with E-state index in [0.29, 0.717) is 16.8 Å². The van der Waals surface area contributed by atoms with Crippen LogP contribution in [0.25, 0.3) is 11.0 Å². The van der Waals surface area contributed by atoms with Gasteiger partial charge < -0.3 is 4.98 Å². The van der Waals surface area contributed by atoms with E-state index < -0.39 is 0 Å². The van der Waals surface area contributed by atoms with Crippen LogP contribution < -0.4 is 4.90 Å². The third-order valence-electron chi connectivity index (χ3n) is 3.78. The quantitative estimate of drug-likeness (QED) is 0.695. The van der Waals surface area contributed by atoms with Crippen LogP contribution in [0.15, 0.2) is 42.7 Å². The highest BCUT2D eigenvalue weighted by molar-refractivity contribution is 6.34.